The summed E-state index contributed by atoms with van der Waals surface area (Å²) < 4.78 is 0. The zero-order valence-electron chi connectivity index (χ0n) is 6.97. The Morgan fingerprint density at radius 3 is 2.77 bits per heavy atom. The Morgan fingerprint density at radius 1 is 1.77 bits per heavy atom. The summed E-state index contributed by atoms with van der Waals surface area (Å²) in [6, 6.07) is -1.31. The van der Waals surface area contributed by atoms with Crippen molar-refractivity contribution < 1.29 is 15.0 Å². The van der Waals surface area contributed by atoms with Gasteiger partial charge in [0.05, 0.1) is 0 Å². The van der Waals surface area contributed by atoms with Crippen molar-refractivity contribution in [3.8, 4) is 0 Å². The molecule has 0 fully saturated rings. The first-order chi connectivity index (χ1) is 6.02. The number of carboxylic acid groups (broad SMARTS) is 1. The Bertz CT molecular complexity index is 312. The smallest absolute Gasteiger partial charge is 0.323 e. The molecule has 0 radical (unpaired) electrons. The molecule has 0 bridgehead atoms. The van der Waals surface area contributed by atoms with Gasteiger partial charge in [0.15, 0.2) is 0 Å². The quantitative estimate of drug-likeness (QED) is 0.635. The van der Waals surface area contributed by atoms with Gasteiger partial charge in [0, 0.05) is 11.1 Å². The molecule has 1 aromatic rings. The van der Waals surface area contributed by atoms with Crippen LogP contribution >= 0.6 is 11.3 Å². The minimum atomic E-state index is -1.31. The minimum absolute atomic E-state index is 0.340. The van der Waals surface area contributed by atoms with Gasteiger partial charge in [-0.1, -0.05) is 0 Å². The van der Waals surface area contributed by atoms with E-state index in [1.807, 2.05) is 0 Å². The number of aromatic nitrogens is 1. The Labute approximate surface area is 78.8 Å². The molecule has 5 nitrogen and oxygen atoms in total. The monoisotopic (exact) mass is 202 g/mol. The van der Waals surface area contributed by atoms with Gasteiger partial charge in [-0.15, -0.1) is 11.3 Å². The fourth-order valence-electron chi connectivity index (χ4n) is 0.797. The summed E-state index contributed by atoms with van der Waals surface area (Å²) in [7, 11) is 0. The van der Waals surface area contributed by atoms with E-state index in [4.69, 9.17) is 10.8 Å². The average molecular weight is 202 g/mol. The zero-order valence-corrected chi connectivity index (χ0v) is 7.78. The van der Waals surface area contributed by atoms with Crippen LogP contribution in [0.25, 0.3) is 0 Å². The molecule has 2 unspecified atom stereocenters. The van der Waals surface area contributed by atoms with Crippen LogP contribution in [0.1, 0.15) is 16.8 Å². The van der Waals surface area contributed by atoms with E-state index in [9.17, 15) is 9.90 Å². The lowest BCUT2D eigenvalue weighted by atomic mass is 10.2. The van der Waals surface area contributed by atoms with Crippen LogP contribution in [0.2, 0.25) is 0 Å². The number of carboxylic acids is 1. The van der Waals surface area contributed by atoms with E-state index in [1.54, 1.807) is 12.3 Å². The normalized spacial score (nSPS) is 15.3. The summed E-state index contributed by atoms with van der Waals surface area (Å²) in [5.41, 5.74) is 5.97. The number of aliphatic hydroxyl groups is 1. The standard InChI is InChI=1S/C7H10N2O3S/c1-3-2-13-6(9-3)5(10)4(8)7(11)12/h2,4-5,10H,8H2,1H3,(H,11,12). The summed E-state index contributed by atoms with van der Waals surface area (Å²) in [5.74, 6) is -1.24. The van der Waals surface area contributed by atoms with Crippen LogP contribution < -0.4 is 5.73 Å². The lowest BCUT2D eigenvalue weighted by Crippen LogP contribution is -2.36. The summed E-state index contributed by atoms with van der Waals surface area (Å²) >= 11 is 1.20. The number of carbonyl (C=O) groups is 1. The predicted octanol–water partition coefficient (Wildman–Crippen LogP) is -0.103. The summed E-state index contributed by atoms with van der Waals surface area (Å²) in [4.78, 5) is 14.4. The first-order valence-corrected chi connectivity index (χ1v) is 4.49. The summed E-state index contributed by atoms with van der Waals surface area (Å²) in [5, 5.41) is 20.0. The van der Waals surface area contributed by atoms with Gasteiger partial charge in [-0.3, -0.25) is 4.79 Å². The molecular formula is C7H10N2O3S. The Morgan fingerprint density at radius 2 is 2.38 bits per heavy atom. The van der Waals surface area contributed by atoms with Gasteiger partial charge in [0.1, 0.15) is 17.2 Å². The lowest BCUT2D eigenvalue weighted by Gasteiger charge is -2.11. The van der Waals surface area contributed by atoms with Crippen molar-refractivity contribution >= 4 is 17.3 Å². The number of aliphatic carboxylic acids is 1. The molecule has 1 rings (SSSR count). The maximum Gasteiger partial charge on any atom is 0.323 e. The predicted molar refractivity (Wildman–Crippen MR) is 47.4 cm³/mol. The van der Waals surface area contributed by atoms with E-state index in [0.29, 0.717) is 5.01 Å². The van der Waals surface area contributed by atoms with Crippen LogP contribution in [0, 0.1) is 6.92 Å². The van der Waals surface area contributed by atoms with Gasteiger partial charge in [0.2, 0.25) is 0 Å². The molecule has 0 amide bonds. The molecule has 1 heterocycles. The fourth-order valence-corrected chi connectivity index (χ4v) is 1.62. The molecule has 0 saturated heterocycles. The number of aryl methyl sites for hydroxylation is 1. The van der Waals surface area contributed by atoms with Crippen molar-refractivity contribution in [1.29, 1.82) is 0 Å². The number of hydrogen-bond donors (Lipinski definition) is 3. The number of nitrogens with zero attached hydrogens (tertiary/aromatic N) is 1. The third-order valence-corrected chi connectivity index (χ3v) is 2.55. The van der Waals surface area contributed by atoms with Gasteiger partial charge >= 0.3 is 5.97 Å². The van der Waals surface area contributed by atoms with Crippen molar-refractivity contribution in [1.82, 2.24) is 4.98 Å². The molecule has 0 aliphatic heterocycles. The zero-order chi connectivity index (χ0) is 10.0. The molecule has 2 atom stereocenters. The SMILES string of the molecule is Cc1csc(C(O)C(N)C(=O)O)n1. The molecule has 4 N–H and O–H groups in total. The second-order valence-electron chi connectivity index (χ2n) is 2.64. The van der Waals surface area contributed by atoms with Crippen LogP contribution in [0.3, 0.4) is 0 Å². The van der Waals surface area contributed by atoms with Crippen LogP contribution in [0.5, 0.6) is 0 Å². The number of thiazole rings is 1. The maximum absolute atomic E-state index is 10.4. The first kappa shape index (κ1) is 10.1. The highest BCUT2D eigenvalue weighted by atomic mass is 32.1. The van der Waals surface area contributed by atoms with E-state index in [2.05, 4.69) is 4.98 Å². The van der Waals surface area contributed by atoms with E-state index in [-0.39, 0.29) is 0 Å². The van der Waals surface area contributed by atoms with E-state index < -0.39 is 18.1 Å². The topological polar surface area (TPSA) is 96.4 Å². The molecular weight excluding hydrogens is 192 g/mol. The van der Waals surface area contributed by atoms with Crippen molar-refractivity contribution in [3.63, 3.8) is 0 Å². The highest BCUT2D eigenvalue weighted by molar-refractivity contribution is 7.09. The second-order valence-corrected chi connectivity index (χ2v) is 3.53. The van der Waals surface area contributed by atoms with Crippen LogP contribution in [-0.2, 0) is 4.79 Å². The summed E-state index contributed by atoms with van der Waals surface area (Å²) in [6.07, 6.45) is -1.23. The molecule has 0 aliphatic carbocycles. The molecule has 13 heavy (non-hydrogen) atoms. The third kappa shape index (κ3) is 2.24. The Kier molecular flexibility index (Phi) is 2.97. The molecule has 0 aromatic carbocycles. The Balaban J connectivity index is 2.78. The molecule has 0 saturated carbocycles. The van der Waals surface area contributed by atoms with Crippen molar-refractivity contribution in [2.24, 2.45) is 5.73 Å². The lowest BCUT2D eigenvalue weighted by molar-refractivity contribution is -0.141. The van der Waals surface area contributed by atoms with Crippen LogP contribution in [0.15, 0.2) is 5.38 Å². The molecule has 0 aliphatic rings. The molecule has 0 spiro atoms. The highest BCUT2D eigenvalue weighted by Crippen LogP contribution is 2.19. The van der Waals surface area contributed by atoms with Gasteiger partial charge in [-0.2, -0.15) is 0 Å². The van der Waals surface area contributed by atoms with Gasteiger partial charge in [0.25, 0.3) is 0 Å². The second kappa shape index (κ2) is 3.82. The third-order valence-electron chi connectivity index (χ3n) is 1.52. The molecule has 72 valence electrons. The Hall–Kier alpha value is -0.980. The molecule has 6 heteroatoms. The van der Waals surface area contributed by atoms with E-state index in [1.165, 1.54) is 11.3 Å². The first-order valence-electron chi connectivity index (χ1n) is 3.61. The van der Waals surface area contributed by atoms with Gasteiger partial charge < -0.3 is 15.9 Å². The van der Waals surface area contributed by atoms with Crippen LogP contribution in [0.4, 0.5) is 0 Å². The van der Waals surface area contributed by atoms with E-state index in [0.717, 1.165) is 5.69 Å². The average Bonchev–Trinajstić information content (AvgIpc) is 2.49. The summed E-state index contributed by atoms with van der Waals surface area (Å²) in [6.45, 7) is 1.76. The van der Waals surface area contributed by atoms with E-state index >= 15 is 0 Å². The maximum atomic E-state index is 10.4. The molecule has 1 aromatic heterocycles. The van der Waals surface area contributed by atoms with Crippen LogP contribution in [-0.4, -0.2) is 27.2 Å². The van der Waals surface area contributed by atoms with Gasteiger partial charge in [-0.05, 0) is 6.92 Å². The fraction of sp³-hybridized carbons (Fsp3) is 0.429. The van der Waals surface area contributed by atoms with Crippen molar-refractivity contribution in [2.45, 2.75) is 19.1 Å². The van der Waals surface area contributed by atoms with Crippen molar-refractivity contribution in [2.75, 3.05) is 0 Å². The number of rotatable bonds is 3. The number of aliphatic hydroxyl groups excluding tert-OH is 1. The van der Waals surface area contributed by atoms with Gasteiger partial charge in [-0.25, -0.2) is 4.98 Å². The number of hydrogen-bond acceptors (Lipinski definition) is 5. The largest absolute Gasteiger partial charge is 0.480 e. The minimum Gasteiger partial charge on any atom is -0.480 e. The number of nitrogens with two attached hydrogens (primary N) is 1. The van der Waals surface area contributed by atoms with Crippen molar-refractivity contribution in [3.05, 3.63) is 16.1 Å². The highest BCUT2D eigenvalue weighted by Gasteiger charge is 2.25.